The molecule has 26 heavy (non-hydrogen) atoms. The fourth-order valence-corrected chi connectivity index (χ4v) is 3.60. The van der Waals surface area contributed by atoms with E-state index in [4.69, 9.17) is 0 Å². The van der Waals surface area contributed by atoms with Gasteiger partial charge in [-0.25, -0.2) is 4.98 Å². The highest BCUT2D eigenvalue weighted by atomic mass is 16.6. The van der Waals surface area contributed by atoms with Crippen molar-refractivity contribution >= 4 is 28.2 Å². The number of nitro groups is 1. The third-order valence-electron chi connectivity index (χ3n) is 4.85. The van der Waals surface area contributed by atoms with E-state index in [0.29, 0.717) is 42.0 Å². The van der Waals surface area contributed by atoms with Crippen LogP contribution in [0.4, 0.5) is 11.4 Å². The number of non-ortho nitro benzene ring substituents is 1. The Balaban J connectivity index is 1.61. The van der Waals surface area contributed by atoms with Crippen LogP contribution in [0.2, 0.25) is 0 Å². The van der Waals surface area contributed by atoms with E-state index in [-0.39, 0.29) is 11.6 Å². The van der Waals surface area contributed by atoms with Crippen molar-refractivity contribution < 1.29 is 9.72 Å². The molecule has 1 fully saturated rings. The van der Waals surface area contributed by atoms with Crippen molar-refractivity contribution in [3.8, 4) is 0 Å². The molecule has 7 nitrogen and oxygen atoms in total. The third-order valence-corrected chi connectivity index (χ3v) is 4.85. The van der Waals surface area contributed by atoms with Gasteiger partial charge in [-0.2, -0.15) is 0 Å². The first-order valence-corrected chi connectivity index (χ1v) is 9.10. The summed E-state index contributed by atoms with van der Waals surface area (Å²) in [7, 11) is 0. The Labute approximate surface area is 152 Å². The van der Waals surface area contributed by atoms with Crippen LogP contribution in [0, 0.1) is 23.0 Å². The monoisotopic (exact) mass is 356 g/mol. The molecule has 0 spiro atoms. The molecule has 0 atom stereocenters. The van der Waals surface area contributed by atoms with Gasteiger partial charge in [0.2, 0.25) is 5.91 Å². The second kappa shape index (κ2) is 8.12. The normalized spacial score (nSPS) is 14.5. The van der Waals surface area contributed by atoms with E-state index in [2.05, 4.69) is 15.6 Å². The molecule has 1 heterocycles. The summed E-state index contributed by atoms with van der Waals surface area (Å²) in [6.45, 7) is 2.88. The van der Waals surface area contributed by atoms with Crippen molar-refractivity contribution in [2.75, 3.05) is 18.4 Å². The SMILES string of the molecule is Cc1cc(NCCNC(=O)CC2CCCC2)c2cccc([N+](=O)[O-])c2n1. The summed E-state index contributed by atoms with van der Waals surface area (Å²) in [5.74, 6) is 0.639. The van der Waals surface area contributed by atoms with Crippen molar-refractivity contribution in [3.05, 3.63) is 40.1 Å². The number of carbonyl (C=O) groups excluding carboxylic acids is 1. The molecule has 1 aromatic carbocycles. The molecule has 138 valence electrons. The number of rotatable bonds is 7. The highest BCUT2D eigenvalue weighted by Crippen LogP contribution is 2.30. The maximum absolute atomic E-state index is 12.0. The van der Waals surface area contributed by atoms with Crippen LogP contribution in [0.1, 0.15) is 37.8 Å². The van der Waals surface area contributed by atoms with Gasteiger partial charge < -0.3 is 10.6 Å². The van der Waals surface area contributed by atoms with E-state index in [9.17, 15) is 14.9 Å². The first-order valence-electron chi connectivity index (χ1n) is 9.10. The Bertz CT molecular complexity index is 816. The summed E-state index contributed by atoms with van der Waals surface area (Å²) in [5, 5.41) is 18.1. The van der Waals surface area contributed by atoms with E-state index in [0.717, 1.165) is 18.5 Å². The van der Waals surface area contributed by atoms with Crippen LogP contribution in [0.5, 0.6) is 0 Å². The Morgan fingerprint density at radius 2 is 2.08 bits per heavy atom. The first-order chi connectivity index (χ1) is 12.5. The zero-order chi connectivity index (χ0) is 18.5. The summed E-state index contributed by atoms with van der Waals surface area (Å²) < 4.78 is 0. The Kier molecular flexibility index (Phi) is 5.65. The number of hydrogen-bond donors (Lipinski definition) is 2. The smallest absolute Gasteiger partial charge is 0.295 e. The quantitative estimate of drug-likeness (QED) is 0.449. The van der Waals surface area contributed by atoms with Gasteiger partial charge in [0.1, 0.15) is 0 Å². The van der Waals surface area contributed by atoms with Gasteiger partial charge in [-0.3, -0.25) is 14.9 Å². The van der Waals surface area contributed by atoms with Gasteiger partial charge in [0.25, 0.3) is 5.69 Å². The van der Waals surface area contributed by atoms with E-state index >= 15 is 0 Å². The second-order valence-corrected chi connectivity index (χ2v) is 6.87. The fourth-order valence-electron chi connectivity index (χ4n) is 3.60. The van der Waals surface area contributed by atoms with E-state index in [1.54, 1.807) is 6.07 Å². The number of aromatic nitrogens is 1. The predicted molar refractivity (Wildman–Crippen MR) is 101 cm³/mol. The number of benzene rings is 1. The lowest BCUT2D eigenvalue weighted by atomic mass is 10.0. The molecule has 1 amide bonds. The summed E-state index contributed by atoms with van der Waals surface area (Å²) in [4.78, 5) is 27.1. The molecule has 7 heteroatoms. The number of para-hydroxylation sites is 1. The number of hydrogen-bond acceptors (Lipinski definition) is 5. The Morgan fingerprint density at radius 3 is 2.81 bits per heavy atom. The number of nitro benzene ring substituents is 1. The zero-order valence-electron chi connectivity index (χ0n) is 15.0. The largest absolute Gasteiger partial charge is 0.383 e. The lowest BCUT2D eigenvalue weighted by Gasteiger charge is -2.12. The van der Waals surface area contributed by atoms with Crippen LogP contribution >= 0.6 is 0 Å². The number of nitrogens with one attached hydrogen (secondary N) is 2. The highest BCUT2D eigenvalue weighted by molar-refractivity contribution is 5.96. The maximum atomic E-state index is 12.0. The molecule has 1 saturated carbocycles. The number of pyridine rings is 1. The van der Waals surface area contributed by atoms with E-state index in [1.165, 1.54) is 18.9 Å². The van der Waals surface area contributed by atoms with Crippen LogP contribution < -0.4 is 10.6 Å². The highest BCUT2D eigenvalue weighted by Gasteiger charge is 2.18. The first kappa shape index (κ1) is 18.1. The molecular weight excluding hydrogens is 332 g/mol. The molecule has 0 bridgehead atoms. The minimum atomic E-state index is -0.415. The number of anilines is 1. The minimum Gasteiger partial charge on any atom is -0.383 e. The van der Waals surface area contributed by atoms with Crippen LogP contribution in [-0.4, -0.2) is 28.9 Å². The predicted octanol–water partition coefficient (Wildman–Crippen LogP) is 3.56. The third kappa shape index (κ3) is 4.28. The molecular formula is C19H24N4O3. The second-order valence-electron chi connectivity index (χ2n) is 6.87. The molecule has 0 saturated heterocycles. The lowest BCUT2D eigenvalue weighted by molar-refractivity contribution is -0.383. The number of aryl methyl sites for hydroxylation is 1. The summed E-state index contributed by atoms with van der Waals surface area (Å²) in [6.07, 6.45) is 5.41. The van der Waals surface area contributed by atoms with Crippen molar-refractivity contribution in [1.82, 2.24) is 10.3 Å². The molecule has 1 aliphatic carbocycles. The molecule has 0 unspecified atom stereocenters. The topological polar surface area (TPSA) is 97.2 Å². The summed E-state index contributed by atoms with van der Waals surface area (Å²) in [5.41, 5.74) is 1.88. The summed E-state index contributed by atoms with van der Waals surface area (Å²) >= 11 is 0. The Hall–Kier alpha value is -2.70. The molecule has 0 radical (unpaired) electrons. The van der Waals surface area contributed by atoms with Gasteiger partial charge in [0.15, 0.2) is 5.52 Å². The number of fused-ring (bicyclic) bond motifs is 1. The molecule has 1 aliphatic rings. The van der Waals surface area contributed by atoms with E-state index < -0.39 is 4.92 Å². The lowest BCUT2D eigenvalue weighted by Crippen LogP contribution is -2.29. The van der Waals surface area contributed by atoms with Crippen LogP contribution in [0.25, 0.3) is 10.9 Å². The molecule has 2 N–H and O–H groups in total. The van der Waals surface area contributed by atoms with Gasteiger partial charge in [-0.15, -0.1) is 0 Å². The molecule has 3 rings (SSSR count). The van der Waals surface area contributed by atoms with Crippen molar-refractivity contribution in [2.24, 2.45) is 5.92 Å². The van der Waals surface area contributed by atoms with Crippen molar-refractivity contribution in [2.45, 2.75) is 39.0 Å². The molecule has 0 aliphatic heterocycles. The average molecular weight is 356 g/mol. The van der Waals surface area contributed by atoms with Crippen molar-refractivity contribution in [3.63, 3.8) is 0 Å². The Morgan fingerprint density at radius 1 is 1.31 bits per heavy atom. The minimum absolute atomic E-state index is 0.000818. The van der Waals surface area contributed by atoms with Gasteiger partial charge in [0.05, 0.1) is 4.92 Å². The van der Waals surface area contributed by atoms with Crippen LogP contribution in [-0.2, 0) is 4.79 Å². The standard InChI is InChI=1S/C19H24N4O3/c1-13-11-16(15-7-4-8-17(23(25)26)19(15)22-13)20-9-10-21-18(24)12-14-5-2-3-6-14/h4,7-8,11,14H,2-3,5-6,9-10,12H2,1H3,(H,20,22)(H,21,24). The molecule has 2 aromatic rings. The van der Waals surface area contributed by atoms with Crippen LogP contribution in [0.15, 0.2) is 24.3 Å². The van der Waals surface area contributed by atoms with Crippen LogP contribution in [0.3, 0.4) is 0 Å². The maximum Gasteiger partial charge on any atom is 0.295 e. The van der Waals surface area contributed by atoms with Gasteiger partial charge >= 0.3 is 0 Å². The average Bonchev–Trinajstić information content (AvgIpc) is 3.10. The number of carbonyl (C=O) groups is 1. The fraction of sp³-hybridized carbons (Fsp3) is 0.474. The number of amides is 1. The van der Waals surface area contributed by atoms with Crippen molar-refractivity contribution in [1.29, 1.82) is 0 Å². The van der Waals surface area contributed by atoms with Gasteiger partial charge in [-0.1, -0.05) is 25.0 Å². The number of nitrogens with zero attached hydrogens (tertiary/aromatic N) is 2. The summed E-state index contributed by atoms with van der Waals surface area (Å²) in [6, 6.07) is 6.80. The van der Waals surface area contributed by atoms with Gasteiger partial charge in [-0.05, 0) is 31.7 Å². The zero-order valence-corrected chi connectivity index (χ0v) is 15.0. The van der Waals surface area contributed by atoms with Gasteiger partial charge in [0, 0.05) is 42.3 Å². The van der Waals surface area contributed by atoms with E-state index in [1.807, 2.05) is 19.1 Å². The molecule has 1 aromatic heterocycles.